The summed E-state index contributed by atoms with van der Waals surface area (Å²) in [5.74, 6) is 1.41. The summed E-state index contributed by atoms with van der Waals surface area (Å²) >= 11 is 5.11. The molecule has 0 aromatic carbocycles. The monoisotopic (exact) mass is 269 g/mol. The Hall–Kier alpha value is -1.21. The SMILES string of the molecule is CC(C)(C)Nc1nc(=S)nc(N2CCOCC2)[nH]1. The van der Waals surface area contributed by atoms with Gasteiger partial charge in [0.25, 0.3) is 0 Å². The van der Waals surface area contributed by atoms with Gasteiger partial charge in [-0.1, -0.05) is 0 Å². The Morgan fingerprint density at radius 2 is 1.94 bits per heavy atom. The van der Waals surface area contributed by atoms with E-state index in [1.807, 2.05) is 0 Å². The van der Waals surface area contributed by atoms with E-state index in [0.717, 1.165) is 19.0 Å². The third-order valence-corrected chi connectivity index (χ3v) is 2.63. The molecule has 2 N–H and O–H groups in total. The molecule has 1 aliphatic heterocycles. The molecule has 0 radical (unpaired) electrons. The van der Waals surface area contributed by atoms with Crippen molar-refractivity contribution < 1.29 is 4.74 Å². The third kappa shape index (κ3) is 3.64. The van der Waals surface area contributed by atoms with Crippen LogP contribution in [0.25, 0.3) is 0 Å². The highest BCUT2D eigenvalue weighted by atomic mass is 32.1. The summed E-state index contributed by atoms with van der Waals surface area (Å²) in [7, 11) is 0. The molecule has 0 unspecified atom stereocenters. The van der Waals surface area contributed by atoms with Gasteiger partial charge >= 0.3 is 0 Å². The first kappa shape index (κ1) is 13.2. The van der Waals surface area contributed by atoms with Gasteiger partial charge in [-0.15, -0.1) is 0 Å². The van der Waals surface area contributed by atoms with Crippen molar-refractivity contribution in [3.05, 3.63) is 4.77 Å². The second kappa shape index (κ2) is 5.19. The molecule has 1 fully saturated rings. The van der Waals surface area contributed by atoms with E-state index in [9.17, 15) is 0 Å². The van der Waals surface area contributed by atoms with Gasteiger partial charge in [-0.05, 0) is 33.0 Å². The lowest BCUT2D eigenvalue weighted by Gasteiger charge is -2.28. The fourth-order valence-corrected chi connectivity index (χ4v) is 1.89. The Balaban J connectivity index is 2.23. The van der Waals surface area contributed by atoms with Gasteiger partial charge < -0.3 is 15.0 Å². The number of aromatic amines is 1. The summed E-state index contributed by atoms with van der Waals surface area (Å²) in [5.41, 5.74) is -0.0745. The largest absolute Gasteiger partial charge is 0.378 e. The van der Waals surface area contributed by atoms with Crippen LogP contribution in [0.15, 0.2) is 0 Å². The lowest BCUT2D eigenvalue weighted by atomic mass is 10.1. The lowest BCUT2D eigenvalue weighted by molar-refractivity contribution is 0.122. The average molecular weight is 269 g/mol. The zero-order valence-electron chi connectivity index (χ0n) is 11.0. The molecule has 1 saturated heterocycles. The number of hydrogen-bond acceptors (Lipinski definition) is 6. The molecule has 0 amide bonds. The van der Waals surface area contributed by atoms with Crippen molar-refractivity contribution in [2.24, 2.45) is 0 Å². The second-order valence-electron chi connectivity index (χ2n) is 5.28. The summed E-state index contributed by atoms with van der Waals surface area (Å²) in [4.78, 5) is 13.8. The summed E-state index contributed by atoms with van der Waals surface area (Å²) in [6.45, 7) is 9.27. The van der Waals surface area contributed by atoms with E-state index in [4.69, 9.17) is 17.0 Å². The van der Waals surface area contributed by atoms with Gasteiger partial charge in [0, 0.05) is 18.6 Å². The van der Waals surface area contributed by atoms with Crippen LogP contribution in [0.5, 0.6) is 0 Å². The average Bonchev–Trinajstić information content (AvgIpc) is 2.27. The van der Waals surface area contributed by atoms with Crippen LogP contribution in [0.4, 0.5) is 11.9 Å². The van der Waals surface area contributed by atoms with Gasteiger partial charge in [0.2, 0.25) is 16.7 Å². The standard InChI is InChI=1S/C11H19N5OS/c1-11(2,3)15-8-12-9(14-10(18)13-8)16-4-6-17-7-5-16/h4-7H2,1-3H3,(H2,12,13,14,15,18). The second-order valence-corrected chi connectivity index (χ2v) is 5.64. The minimum atomic E-state index is -0.0745. The predicted octanol–water partition coefficient (Wildman–Crippen LogP) is 1.58. The number of morpholine rings is 1. The number of aromatic nitrogens is 3. The Kier molecular flexibility index (Phi) is 3.82. The van der Waals surface area contributed by atoms with E-state index >= 15 is 0 Å². The Morgan fingerprint density at radius 3 is 2.56 bits per heavy atom. The number of ether oxygens (including phenoxy) is 1. The highest BCUT2D eigenvalue weighted by Crippen LogP contribution is 2.14. The number of anilines is 2. The Bertz CT molecular complexity index is 461. The quantitative estimate of drug-likeness (QED) is 0.795. The molecular weight excluding hydrogens is 250 g/mol. The van der Waals surface area contributed by atoms with E-state index in [1.165, 1.54) is 0 Å². The summed E-state index contributed by atoms with van der Waals surface area (Å²) in [6, 6.07) is 0. The molecule has 6 nitrogen and oxygen atoms in total. The van der Waals surface area contributed by atoms with E-state index in [-0.39, 0.29) is 5.54 Å². The van der Waals surface area contributed by atoms with Crippen molar-refractivity contribution in [3.8, 4) is 0 Å². The van der Waals surface area contributed by atoms with Crippen molar-refractivity contribution in [2.45, 2.75) is 26.3 Å². The van der Waals surface area contributed by atoms with Crippen LogP contribution in [-0.4, -0.2) is 46.8 Å². The van der Waals surface area contributed by atoms with Crippen LogP contribution in [-0.2, 0) is 4.74 Å². The highest BCUT2D eigenvalue weighted by Gasteiger charge is 2.16. The van der Waals surface area contributed by atoms with Gasteiger partial charge in [-0.25, -0.2) is 0 Å². The van der Waals surface area contributed by atoms with Gasteiger partial charge in [-0.3, -0.25) is 4.98 Å². The van der Waals surface area contributed by atoms with E-state index in [2.05, 4.69) is 45.9 Å². The first-order valence-electron chi connectivity index (χ1n) is 6.03. The molecule has 7 heteroatoms. The molecule has 1 aromatic heterocycles. The molecule has 0 saturated carbocycles. The topological polar surface area (TPSA) is 66.1 Å². The Morgan fingerprint density at radius 1 is 1.28 bits per heavy atom. The fourth-order valence-electron chi connectivity index (χ4n) is 1.71. The maximum absolute atomic E-state index is 5.32. The summed E-state index contributed by atoms with van der Waals surface area (Å²) in [6.07, 6.45) is 0. The van der Waals surface area contributed by atoms with Gasteiger partial charge in [0.15, 0.2) is 0 Å². The minimum absolute atomic E-state index is 0.0745. The van der Waals surface area contributed by atoms with Crippen LogP contribution in [0.1, 0.15) is 20.8 Å². The molecule has 1 aliphatic rings. The molecule has 0 atom stereocenters. The van der Waals surface area contributed by atoms with Crippen molar-refractivity contribution in [1.29, 1.82) is 0 Å². The van der Waals surface area contributed by atoms with Crippen molar-refractivity contribution in [2.75, 3.05) is 36.5 Å². The zero-order valence-corrected chi connectivity index (χ0v) is 11.8. The molecular formula is C11H19N5OS. The normalized spacial score (nSPS) is 16.7. The number of nitrogens with zero attached hydrogens (tertiary/aromatic N) is 3. The third-order valence-electron chi connectivity index (χ3n) is 2.44. The molecule has 0 bridgehead atoms. The van der Waals surface area contributed by atoms with Crippen molar-refractivity contribution >= 4 is 24.1 Å². The first-order chi connectivity index (χ1) is 8.44. The van der Waals surface area contributed by atoms with E-state index in [0.29, 0.717) is 23.9 Å². The number of rotatable bonds is 2. The Labute approximate surface area is 112 Å². The van der Waals surface area contributed by atoms with Crippen LogP contribution >= 0.6 is 12.2 Å². The molecule has 0 aliphatic carbocycles. The molecule has 2 rings (SSSR count). The van der Waals surface area contributed by atoms with Gasteiger partial charge in [-0.2, -0.15) is 9.97 Å². The van der Waals surface area contributed by atoms with Crippen molar-refractivity contribution in [3.63, 3.8) is 0 Å². The molecule has 0 spiro atoms. The van der Waals surface area contributed by atoms with Crippen LogP contribution < -0.4 is 10.2 Å². The molecule has 2 heterocycles. The molecule has 1 aromatic rings. The number of hydrogen-bond donors (Lipinski definition) is 2. The maximum Gasteiger partial charge on any atom is 0.225 e. The summed E-state index contributed by atoms with van der Waals surface area (Å²) in [5, 5.41) is 3.27. The number of H-pyrrole nitrogens is 1. The van der Waals surface area contributed by atoms with E-state index < -0.39 is 0 Å². The number of nitrogens with one attached hydrogen (secondary N) is 2. The zero-order chi connectivity index (χ0) is 13.2. The highest BCUT2D eigenvalue weighted by molar-refractivity contribution is 7.71. The van der Waals surface area contributed by atoms with Crippen LogP contribution in [0.2, 0.25) is 0 Å². The molecule has 18 heavy (non-hydrogen) atoms. The maximum atomic E-state index is 5.32. The van der Waals surface area contributed by atoms with Gasteiger partial charge in [0.05, 0.1) is 13.2 Å². The lowest BCUT2D eigenvalue weighted by Crippen LogP contribution is -2.38. The minimum Gasteiger partial charge on any atom is -0.378 e. The van der Waals surface area contributed by atoms with Crippen LogP contribution in [0, 0.1) is 4.77 Å². The summed E-state index contributed by atoms with van der Waals surface area (Å²) < 4.78 is 5.67. The smallest absolute Gasteiger partial charge is 0.225 e. The van der Waals surface area contributed by atoms with E-state index in [1.54, 1.807) is 0 Å². The molecule has 100 valence electrons. The predicted molar refractivity (Wildman–Crippen MR) is 73.6 cm³/mol. The van der Waals surface area contributed by atoms with Gasteiger partial charge in [0.1, 0.15) is 0 Å². The van der Waals surface area contributed by atoms with Crippen molar-refractivity contribution in [1.82, 2.24) is 15.0 Å². The van der Waals surface area contributed by atoms with Crippen LogP contribution in [0.3, 0.4) is 0 Å². The fraction of sp³-hybridized carbons (Fsp3) is 0.727. The first-order valence-corrected chi connectivity index (χ1v) is 6.44.